The zero-order valence-corrected chi connectivity index (χ0v) is 12.7. The maximum absolute atomic E-state index is 12.7. The number of thiocarbonyl (C=S) groups is 1. The van der Waals surface area contributed by atoms with Crippen LogP contribution in [0.3, 0.4) is 0 Å². The Morgan fingerprint density at radius 3 is 2.30 bits per heavy atom. The van der Waals surface area contributed by atoms with Crippen LogP contribution in [0, 0.1) is 0 Å². The number of phenolic OH excluding ortho intramolecular Hbond substituents is 1. The summed E-state index contributed by atoms with van der Waals surface area (Å²) >= 11 is 5.11. The Kier molecular flexibility index (Phi) is 3.91. The number of hydrogen-bond donors (Lipinski definition) is 2. The molecule has 0 bridgehead atoms. The van der Waals surface area contributed by atoms with E-state index < -0.39 is 11.8 Å². The summed E-state index contributed by atoms with van der Waals surface area (Å²) in [4.78, 5) is 26.1. The second kappa shape index (κ2) is 6.02. The van der Waals surface area contributed by atoms with E-state index in [0.29, 0.717) is 11.3 Å². The molecule has 2 amide bonds. The number of nitrogens with one attached hydrogen (secondary N) is 1. The normalized spacial score (nSPS) is 16.6. The summed E-state index contributed by atoms with van der Waals surface area (Å²) < 4.78 is 0. The molecule has 0 spiro atoms. The van der Waals surface area contributed by atoms with E-state index in [-0.39, 0.29) is 16.4 Å². The second-order valence-corrected chi connectivity index (χ2v) is 5.27. The average Bonchev–Trinajstić information content (AvgIpc) is 2.54. The Balaban J connectivity index is 2.00. The Bertz CT molecular complexity index is 813. The molecule has 1 fully saturated rings. The lowest BCUT2D eigenvalue weighted by atomic mass is 10.1. The molecule has 0 aliphatic carbocycles. The number of rotatable bonds is 2. The van der Waals surface area contributed by atoms with Crippen molar-refractivity contribution < 1.29 is 14.7 Å². The average molecular weight is 324 g/mol. The highest BCUT2D eigenvalue weighted by atomic mass is 32.1. The molecule has 1 saturated heterocycles. The zero-order valence-electron chi connectivity index (χ0n) is 11.9. The summed E-state index contributed by atoms with van der Waals surface area (Å²) in [6.07, 6.45) is 1.47. The predicted octanol–water partition coefficient (Wildman–Crippen LogP) is 2.22. The number of hydrogen-bond acceptors (Lipinski definition) is 4. The smallest absolute Gasteiger partial charge is 0.270 e. The van der Waals surface area contributed by atoms with Gasteiger partial charge in [0.1, 0.15) is 11.3 Å². The van der Waals surface area contributed by atoms with Crippen LogP contribution in [0.15, 0.2) is 60.2 Å². The first-order chi connectivity index (χ1) is 11.1. The third kappa shape index (κ3) is 2.97. The van der Waals surface area contributed by atoms with Crippen molar-refractivity contribution in [1.29, 1.82) is 0 Å². The molecule has 23 heavy (non-hydrogen) atoms. The first-order valence-corrected chi connectivity index (χ1v) is 7.22. The summed E-state index contributed by atoms with van der Waals surface area (Å²) in [7, 11) is 0. The Labute approximate surface area is 137 Å². The van der Waals surface area contributed by atoms with Gasteiger partial charge >= 0.3 is 0 Å². The van der Waals surface area contributed by atoms with E-state index in [1.807, 2.05) is 6.07 Å². The topological polar surface area (TPSA) is 69.6 Å². The SMILES string of the molecule is O=C1NC(=S)N(c2ccccc2)C(=O)/C1=C/c1ccc(O)cc1. The monoisotopic (exact) mass is 324 g/mol. The number of carbonyl (C=O) groups excluding carboxylic acids is 2. The minimum atomic E-state index is -0.541. The van der Waals surface area contributed by atoms with Gasteiger partial charge in [-0.1, -0.05) is 30.3 Å². The lowest BCUT2D eigenvalue weighted by Crippen LogP contribution is -2.54. The lowest BCUT2D eigenvalue weighted by molar-refractivity contribution is -0.122. The van der Waals surface area contributed by atoms with Crippen LogP contribution in [0.25, 0.3) is 6.08 Å². The highest BCUT2D eigenvalue weighted by Gasteiger charge is 2.34. The standard InChI is InChI=1S/C17H12N2O3S/c20-13-8-6-11(7-9-13)10-14-15(21)18-17(23)19(16(14)22)12-4-2-1-3-5-12/h1-10,20H,(H,18,21,23)/b14-10+. The van der Waals surface area contributed by atoms with Gasteiger partial charge in [-0.2, -0.15) is 0 Å². The number of anilines is 1. The van der Waals surface area contributed by atoms with Gasteiger partial charge < -0.3 is 5.11 Å². The van der Waals surface area contributed by atoms with Gasteiger partial charge in [0, 0.05) is 0 Å². The summed E-state index contributed by atoms with van der Waals surface area (Å²) in [6, 6.07) is 15.1. The van der Waals surface area contributed by atoms with Crippen LogP contribution in [0.2, 0.25) is 0 Å². The van der Waals surface area contributed by atoms with Gasteiger partial charge in [-0.05, 0) is 48.1 Å². The molecule has 6 heteroatoms. The molecule has 5 nitrogen and oxygen atoms in total. The third-order valence-corrected chi connectivity index (χ3v) is 3.60. The number of para-hydroxylation sites is 1. The quantitative estimate of drug-likeness (QED) is 0.505. The maximum atomic E-state index is 12.7. The van der Waals surface area contributed by atoms with E-state index in [4.69, 9.17) is 12.2 Å². The Hall–Kier alpha value is -2.99. The van der Waals surface area contributed by atoms with E-state index >= 15 is 0 Å². The number of nitrogens with zero attached hydrogens (tertiary/aromatic N) is 1. The van der Waals surface area contributed by atoms with Crippen LogP contribution < -0.4 is 10.2 Å². The van der Waals surface area contributed by atoms with Gasteiger partial charge in [0.25, 0.3) is 11.8 Å². The molecule has 2 N–H and O–H groups in total. The highest BCUT2D eigenvalue weighted by molar-refractivity contribution is 7.80. The molecule has 0 saturated carbocycles. The van der Waals surface area contributed by atoms with Crippen LogP contribution in [0.1, 0.15) is 5.56 Å². The van der Waals surface area contributed by atoms with Crippen molar-refractivity contribution in [2.24, 2.45) is 0 Å². The van der Waals surface area contributed by atoms with Crippen LogP contribution in [-0.4, -0.2) is 22.0 Å². The van der Waals surface area contributed by atoms with Gasteiger partial charge in [-0.3, -0.25) is 19.8 Å². The molecule has 1 aliphatic rings. The van der Waals surface area contributed by atoms with Gasteiger partial charge in [0.15, 0.2) is 5.11 Å². The molecule has 2 aromatic rings. The van der Waals surface area contributed by atoms with Crippen molar-refractivity contribution in [3.63, 3.8) is 0 Å². The molecule has 114 valence electrons. The van der Waals surface area contributed by atoms with Gasteiger partial charge in [0.05, 0.1) is 5.69 Å². The van der Waals surface area contributed by atoms with Crippen LogP contribution >= 0.6 is 12.2 Å². The lowest BCUT2D eigenvalue weighted by Gasteiger charge is -2.28. The molecule has 2 aromatic carbocycles. The summed E-state index contributed by atoms with van der Waals surface area (Å²) in [6.45, 7) is 0. The molecule has 1 aliphatic heterocycles. The fourth-order valence-corrected chi connectivity index (χ4v) is 2.49. The summed E-state index contributed by atoms with van der Waals surface area (Å²) in [5.41, 5.74) is 1.19. The fourth-order valence-electron chi connectivity index (χ4n) is 2.21. The highest BCUT2D eigenvalue weighted by Crippen LogP contribution is 2.22. The summed E-state index contributed by atoms with van der Waals surface area (Å²) in [5, 5.41) is 11.9. The van der Waals surface area contributed by atoms with Crippen LogP contribution in [0.5, 0.6) is 5.75 Å². The molecule has 0 aromatic heterocycles. The molecule has 1 heterocycles. The van der Waals surface area contributed by atoms with Crippen LogP contribution in [0.4, 0.5) is 5.69 Å². The van der Waals surface area contributed by atoms with Gasteiger partial charge in [-0.15, -0.1) is 0 Å². The minimum Gasteiger partial charge on any atom is -0.508 e. The van der Waals surface area contributed by atoms with E-state index in [0.717, 1.165) is 0 Å². The van der Waals surface area contributed by atoms with Crippen molar-refractivity contribution in [1.82, 2.24) is 5.32 Å². The first kappa shape index (κ1) is 14.9. The Morgan fingerprint density at radius 2 is 1.65 bits per heavy atom. The zero-order chi connectivity index (χ0) is 16.4. The van der Waals surface area contributed by atoms with Crippen LogP contribution in [-0.2, 0) is 9.59 Å². The fraction of sp³-hybridized carbons (Fsp3) is 0. The number of carbonyl (C=O) groups is 2. The Morgan fingerprint density at radius 1 is 1.00 bits per heavy atom. The number of phenols is 1. The predicted molar refractivity (Wildman–Crippen MR) is 90.8 cm³/mol. The summed E-state index contributed by atoms with van der Waals surface area (Å²) in [5.74, 6) is -0.919. The first-order valence-electron chi connectivity index (χ1n) is 6.82. The number of amides is 2. The molecule has 0 atom stereocenters. The van der Waals surface area contributed by atoms with Crippen molar-refractivity contribution in [2.75, 3.05) is 4.90 Å². The van der Waals surface area contributed by atoms with Gasteiger partial charge in [0.2, 0.25) is 0 Å². The largest absolute Gasteiger partial charge is 0.508 e. The van der Waals surface area contributed by atoms with E-state index in [2.05, 4.69) is 5.32 Å². The van der Waals surface area contributed by atoms with E-state index in [9.17, 15) is 14.7 Å². The molecular formula is C17H12N2O3S. The second-order valence-electron chi connectivity index (χ2n) is 4.88. The molecule has 0 unspecified atom stereocenters. The molecular weight excluding hydrogens is 312 g/mol. The van der Waals surface area contributed by atoms with Crippen molar-refractivity contribution in [3.05, 3.63) is 65.7 Å². The number of aromatic hydroxyl groups is 1. The number of benzene rings is 2. The van der Waals surface area contributed by atoms with Crippen molar-refractivity contribution >= 4 is 40.9 Å². The molecule has 0 radical (unpaired) electrons. The van der Waals surface area contributed by atoms with E-state index in [1.165, 1.54) is 23.1 Å². The van der Waals surface area contributed by atoms with Crippen molar-refractivity contribution in [3.8, 4) is 5.75 Å². The maximum Gasteiger partial charge on any atom is 0.270 e. The third-order valence-electron chi connectivity index (χ3n) is 3.32. The minimum absolute atomic E-state index is 0.0202. The van der Waals surface area contributed by atoms with Gasteiger partial charge in [-0.25, -0.2) is 0 Å². The van der Waals surface area contributed by atoms with Crippen molar-refractivity contribution in [2.45, 2.75) is 0 Å². The molecule has 3 rings (SSSR count). The van der Waals surface area contributed by atoms with E-state index in [1.54, 1.807) is 36.4 Å².